The summed E-state index contributed by atoms with van der Waals surface area (Å²) in [6, 6.07) is 30.8. The third-order valence-corrected chi connectivity index (χ3v) is 6.32. The zero-order valence-corrected chi connectivity index (χ0v) is 20.8. The highest BCUT2D eigenvalue weighted by Crippen LogP contribution is 2.25. The van der Waals surface area contributed by atoms with Crippen LogP contribution < -0.4 is 10.1 Å². The number of aryl methyl sites for hydroxylation is 1. The molecule has 0 aromatic heterocycles. The summed E-state index contributed by atoms with van der Waals surface area (Å²) in [6.07, 6.45) is 0.415. The molecule has 0 saturated carbocycles. The van der Waals surface area contributed by atoms with Crippen molar-refractivity contribution < 1.29 is 14.3 Å². The number of hydrogen-bond acceptors (Lipinski definition) is 3. The average Bonchev–Trinajstić information content (AvgIpc) is 2.91. The van der Waals surface area contributed by atoms with Crippen molar-refractivity contribution in [1.82, 2.24) is 10.2 Å². The van der Waals surface area contributed by atoms with E-state index in [1.165, 1.54) is 0 Å². The molecule has 1 atom stereocenters. The number of rotatable bonds is 10. The number of likely N-dealkylation sites (N-methyl/N-ethyl adjacent to an activating group) is 1. The fourth-order valence-electron chi connectivity index (χ4n) is 4.36. The van der Waals surface area contributed by atoms with Crippen molar-refractivity contribution in [2.24, 2.45) is 0 Å². The highest BCUT2D eigenvalue weighted by Gasteiger charge is 2.30. The van der Waals surface area contributed by atoms with Gasteiger partial charge in [-0.2, -0.15) is 0 Å². The molecule has 5 nitrogen and oxygen atoms in total. The van der Waals surface area contributed by atoms with Gasteiger partial charge in [0.1, 0.15) is 11.8 Å². The lowest BCUT2D eigenvalue weighted by Gasteiger charge is -2.32. The predicted octanol–water partition coefficient (Wildman–Crippen LogP) is 5.30. The van der Waals surface area contributed by atoms with Crippen LogP contribution in [0.25, 0.3) is 10.8 Å². The van der Waals surface area contributed by atoms with Crippen LogP contribution in [-0.2, 0) is 22.6 Å². The molecule has 0 spiro atoms. The minimum absolute atomic E-state index is 0.162. The van der Waals surface area contributed by atoms with Crippen molar-refractivity contribution in [1.29, 1.82) is 0 Å². The van der Waals surface area contributed by atoms with E-state index in [9.17, 15) is 9.59 Å². The molecule has 184 valence electrons. The first kappa shape index (κ1) is 25.0. The SMILES string of the molecule is CCNC(=O)[C@@H](Cc1ccccc1)N(Cc1ccccc1C)C(=O)COc1cccc2ccccc12. The molecular weight excluding hydrogens is 448 g/mol. The Hall–Kier alpha value is -4.12. The summed E-state index contributed by atoms with van der Waals surface area (Å²) in [5.41, 5.74) is 3.06. The molecule has 2 amide bonds. The summed E-state index contributed by atoms with van der Waals surface area (Å²) in [5, 5.41) is 4.92. The molecule has 36 heavy (non-hydrogen) atoms. The van der Waals surface area contributed by atoms with Crippen LogP contribution in [-0.4, -0.2) is 35.9 Å². The van der Waals surface area contributed by atoms with Gasteiger partial charge in [0.2, 0.25) is 5.91 Å². The van der Waals surface area contributed by atoms with Crippen molar-refractivity contribution >= 4 is 22.6 Å². The first-order chi connectivity index (χ1) is 17.6. The Morgan fingerprint density at radius 3 is 2.33 bits per heavy atom. The van der Waals surface area contributed by atoms with E-state index in [-0.39, 0.29) is 18.4 Å². The Labute approximate surface area is 212 Å². The normalized spacial score (nSPS) is 11.6. The molecule has 1 N–H and O–H groups in total. The van der Waals surface area contributed by atoms with Gasteiger partial charge in [-0.05, 0) is 42.0 Å². The number of benzene rings is 4. The Morgan fingerprint density at radius 2 is 1.56 bits per heavy atom. The molecule has 0 unspecified atom stereocenters. The van der Waals surface area contributed by atoms with Crippen molar-refractivity contribution in [3.8, 4) is 5.75 Å². The summed E-state index contributed by atoms with van der Waals surface area (Å²) in [7, 11) is 0. The summed E-state index contributed by atoms with van der Waals surface area (Å²) in [5.74, 6) is 0.238. The van der Waals surface area contributed by atoms with Gasteiger partial charge < -0.3 is 15.0 Å². The van der Waals surface area contributed by atoms with Gasteiger partial charge in [-0.3, -0.25) is 9.59 Å². The molecule has 0 saturated heterocycles. The molecule has 0 heterocycles. The molecule has 0 radical (unpaired) electrons. The fourth-order valence-corrected chi connectivity index (χ4v) is 4.36. The van der Waals surface area contributed by atoms with Crippen LogP contribution in [0.2, 0.25) is 0 Å². The zero-order chi connectivity index (χ0) is 25.3. The largest absolute Gasteiger partial charge is 0.483 e. The second-order valence-electron chi connectivity index (χ2n) is 8.81. The topological polar surface area (TPSA) is 58.6 Å². The molecule has 0 bridgehead atoms. The van der Waals surface area contributed by atoms with E-state index in [4.69, 9.17) is 4.74 Å². The van der Waals surface area contributed by atoms with Crippen LogP contribution in [0.1, 0.15) is 23.6 Å². The van der Waals surface area contributed by atoms with Gasteiger partial charge in [0.15, 0.2) is 6.61 Å². The second kappa shape index (κ2) is 12.0. The van der Waals surface area contributed by atoms with E-state index < -0.39 is 6.04 Å². The first-order valence-electron chi connectivity index (χ1n) is 12.3. The van der Waals surface area contributed by atoms with E-state index in [1.807, 2.05) is 111 Å². The average molecular weight is 481 g/mol. The van der Waals surface area contributed by atoms with E-state index in [0.717, 1.165) is 27.5 Å². The fraction of sp³-hybridized carbons (Fsp3) is 0.226. The van der Waals surface area contributed by atoms with Crippen molar-refractivity contribution in [2.75, 3.05) is 13.2 Å². The minimum Gasteiger partial charge on any atom is -0.483 e. The molecular formula is C31H32N2O3. The molecule has 0 aliphatic heterocycles. The highest BCUT2D eigenvalue weighted by atomic mass is 16.5. The molecule has 0 aliphatic rings. The van der Waals surface area contributed by atoms with E-state index in [0.29, 0.717) is 25.3 Å². The Morgan fingerprint density at radius 1 is 0.861 bits per heavy atom. The van der Waals surface area contributed by atoms with Gasteiger partial charge >= 0.3 is 0 Å². The number of hydrogen-bond donors (Lipinski definition) is 1. The third-order valence-electron chi connectivity index (χ3n) is 6.32. The number of nitrogens with one attached hydrogen (secondary N) is 1. The van der Waals surface area contributed by atoms with Crippen LogP contribution in [0, 0.1) is 6.92 Å². The lowest BCUT2D eigenvalue weighted by Crippen LogP contribution is -2.51. The predicted molar refractivity (Wildman–Crippen MR) is 144 cm³/mol. The van der Waals surface area contributed by atoms with Gasteiger partial charge in [0.25, 0.3) is 5.91 Å². The smallest absolute Gasteiger partial charge is 0.261 e. The standard InChI is InChI=1S/C31H32N2O3/c1-3-32-31(35)28(20-24-13-5-4-6-14-24)33(21-26-16-8-7-12-23(26)2)30(34)22-36-29-19-11-17-25-15-9-10-18-27(25)29/h4-19,28H,3,20-22H2,1-2H3,(H,32,35)/t28-/m1/s1. The number of nitrogens with zero attached hydrogens (tertiary/aromatic N) is 1. The minimum atomic E-state index is -0.671. The summed E-state index contributed by atoms with van der Waals surface area (Å²) in [4.78, 5) is 28.7. The molecule has 5 heteroatoms. The maximum absolute atomic E-state index is 13.7. The highest BCUT2D eigenvalue weighted by molar-refractivity contribution is 5.90. The van der Waals surface area contributed by atoms with E-state index in [2.05, 4.69) is 5.32 Å². The number of amides is 2. The Kier molecular flexibility index (Phi) is 8.35. The maximum atomic E-state index is 13.7. The van der Waals surface area contributed by atoms with Crippen molar-refractivity contribution in [3.05, 3.63) is 114 Å². The molecule has 0 fully saturated rings. The third kappa shape index (κ3) is 6.11. The Balaban J connectivity index is 1.64. The van der Waals surface area contributed by atoms with Gasteiger partial charge in [-0.1, -0.05) is 91.0 Å². The maximum Gasteiger partial charge on any atom is 0.261 e. The van der Waals surface area contributed by atoms with Gasteiger partial charge in [-0.25, -0.2) is 0 Å². The lowest BCUT2D eigenvalue weighted by molar-refractivity contribution is -0.142. The molecule has 4 aromatic rings. The summed E-state index contributed by atoms with van der Waals surface area (Å²) >= 11 is 0. The summed E-state index contributed by atoms with van der Waals surface area (Å²) < 4.78 is 6.05. The van der Waals surface area contributed by atoms with Gasteiger partial charge in [-0.15, -0.1) is 0 Å². The summed E-state index contributed by atoms with van der Waals surface area (Å²) in [6.45, 7) is 4.55. The Bertz CT molecular complexity index is 1310. The van der Waals surface area contributed by atoms with Crippen LogP contribution in [0.3, 0.4) is 0 Å². The lowest BCUT2D eigenvalue weighted by atomic mass is 10.0. The van der Waals surface area contributed by atoms with E-state index >= 15 is 0 Å². The number of carbonyl (C=O) groups is 2. The van der Waals surface area contributed by atoms with E-state index in [1.54, 1.807) is 4.90 Å². The van der Waals surface area contributed by atoms with Crippen LogP contribution >= 0.6 is 0 Å². The van der Waals surface area contributed by atoms with Gasteiger partial charge in [0, 0.05) is 24.9 Å². The number of fused-ring (bicyclic) bond motifs is 1. The molecule has 4 rings (SSSR count). The second-order valence-corrected chi connectivity index (χ2v) is 8.81. The zero-order valence-electron chi connectivity index (χ0n) is 20.8. The quantitative estimate of drug-likeness (QED) is 0.335. The molecule has 4 aromatic carbocycles. The number of ether oxygens (including phenoxy) is 1. The van der Waals surface area contributed by atoms with Crippen molar-refractivity contribution in [2.45, 2.75) is 32.9 Å². The monoisotopic (exact) mass is 480 g/mol. The first-order valence-corrected chi connectivity index (χ1v) is 12.3. The van der Waals surface area contributed by atoms with Crippen LogP contribution in [0.15, 0.2) is 97.1 Å². The van der Waals surface area contributed by atoms with Crippen molar-refractivity contribution in [3.63, 3.8) is 0 Å². The van der Waals surface area contributed by atoms with Gasteiger partial charge in [0.05, 0.1) is 0 Å². The van der Waals surface area contributed by atoms with Crippen LogP contribution in [0.4, 0.5) is 0 Å². The number of carbonyl (C=O) groups excluding carboxylic acids is 2. The molecule has 0 aliphatic carbocycles. The van der Waals surface area contributed by atoms with Crippen LogP contribution in [0.5, 0.6) is 5.75 Å².